The Morgan fingerprint density at radius 3 is 2.78 bits per heavy atom. The number of rotatable bonds is 0. The molecule has 4 nitrogen and oxygen atoms in total. The maximum Gasteiger partial charge on any atom is 0.259 e. The molecule has 0 fully saturated rings. The number of hydrogen-bond acceptors (Lipinski definition) is 3. The Bertz CT molecular complexity index is 655. The quantitative estimate of drug-likeness (QED) is 0.715. The number of halogens is 1. The van der Waals surface area contributed by atoms with E-state index < -0.39 is 0 Å². The SMILES string of the molecule is Nc1ccc2c(c1)Oc1ccc(Cl)cc1C(=O)N2. The molecule has 0 saturated carbocycles. The van der Waals surface area contributed by atoms with Crippen LogP contribution in [0.15, 0.2) is 36.4 Å². The second-order valence-electron chi connectivity index (χ2n) is 3.95. The van der Waals surface area contributed by atoms with Gasteiger partial charge in [0.25, 0.3) is 5.91 Å². The van der Waals surface area contributed by atoms with Gasteiger partial charge in [-0.1, -0.05) is 11.6 Å². The number of benzene rings is 2. The van der Waals surface area contributed by atoms with Crippen LogP contribution in [0.5, 0.6) is 11.5 Å². The highest BCUT2D eigenvalue weighted by atomic mass is 35.5. The summed E-state index contributed by atoms with van der Waals surface area (Å²) in [4.78, 5) is 12.0. The van der Waals surface area contributed by atoms with Crippen LogP contribution in [0.3, 0.4) is 0 Å². The van der Waals surface area contributed by atoms with E-state index in [-0.39, 0.29) is 5.91 Å². The lowest BCUT2D eigenvalue weighted by atomic mass is 10.2. The highest BCUT2D eigenvalue weighted by Gasteiger charge is 2.20. The van der Waals surface area contributed by atoms with Crippen molar-refractivity contribution in [3.63, 3.8) is 0 Å². The fourth-order valence-electron chi connectivity index (χ4n) is 1.80. The number of fused-ring (bicyclic) bond motifs is 2. The molecule has 0 atom stereocenters. The summed E-state index contributed by atoms with van der Waals surface area (Å²) in [6.45, 7) is 0. The van der Waals surface area contributed by atoms with Gasteiger partial charge in [-0.2, -0.15) is 0 Å². The molecular formula is C13H9ClN2O2. The number of carbonyl (C=O) groups is 1. The van der Waals surface area contributed by atoms with E-state index in [1.54, 1.807) is 36.4 Å². The molecule has 1 aliphatic rings. The van der Waals surface area contributed by atoms with Gasteiger partial charge in [-0.15, -0.1) is 0 Å². The third-order valence-electron chi connectivity index (χ3n) is 2.66. The standard InChI is InChI=1S/C13H9ClN2O2/c14-7-1-4-11-9(5-7)13(17)16-10-3-2-8(15)6-12(10)18-11/h1-6H,15H2,(H,16,17). The number of nitrogens with two attached hydrogens (primary N) is 1. The molecule has 1 heterocycles. The Hall–Kier alpha value is -2.20. The first-order valence-corrected chi connectivity index (χ1v) is 5.69. The first kappa shape index (κ1) is 10.9. The number of anilines is 2. The van der Waals surface area contributed by atoms with Gasteiger partial charge in [-0.05, 0) is 30.3 Å². The summed E-state index contributed by atoms with van der Waals surface area (Å²) in [5.41, 5.74) is 7.25. The van der Waals surface area contributed by atoms with Crippen LogP contribution >= 0.6 is 11.6 Å². The lowest BCUT2D eigenvalue weighted by Gasteiger charge is -2.08. The van der Waals surface area contributed by atoms with Gasteiger partial charge < -0.3 is 15.8 Å². The average molecular weight is 261 g/mol. The van der Waals surface area contributed by atoms with Crippen molar-refractivity contribution < 1.29 is 9.53 Å². The minimum absolute atomic E-state index is 0.254. The molecule has 0 saturated heterocycles. The van der Waals surface area contributed by atoms with Gasteiger partial charge in [-0.25, -0.2) is 0 Å². The molecule has 0 bridgehead atoms. The van der Waals surface area contributed by atoms with Crippen LogP contribution < -0.4 is 15.8 Å². The maximum atomic E-state index is 12.0. The monoisotopic (exact) mass is 260 g/mol. The Kier molecular flexibility index (Phi) is 2.38. The van der Waals surface area contributed by atoms with Crippen LogP contribution in [0.4, 0.5) is 11.4 Å². The minimum Gasteiger partial charge on any atom is -0.454 e. The third-order valence-corrected chi connectivity index (χ3v) is 2.90. The number of carbonyl (C=O) groups excluding carboxylic acids is 1. The van der Waals surface area contributed by atoms with E-state index in [0.29, 0.717) is 33.5 Å². The molecule has 3 rings (SSSR count). The molecule has 5 heteroatoms. The first-order valence-electron chi connectivity index (χ1n) is 5.32. The molecule has 0 radical (unpaired) electrons. The predicted octanol–water partition coefficient (Wildman–Crippen LogP) is 3.28. The topological polar surface area (TPSA) is 64.3 Å². The number of nitrogen functional groups attached to an aromatic ring is 1. The fraction of sp³-hybridized carbons (Fsp3) is 0. The van der Waals surface area contributed by atoms with Gasteiger partial charge in [0, 0.05) is 16.8 Å². The first-order chi connectivity index (χ1) is 8.63. The number of amides is 1. The molecule has 90 valence electrons. The van der Waals surface area contributed by atoms with Crippen molar-refractivity contribution >= 4 is 28.9 Å². The molecule has 18 heavy (non-hydrogen) atoms. The zero-order chi connectivity index (χ0) is 12.7. The van der Waals surface area contributed by atoms with Crippen molar-refractivity contribution in [3.8, 4) is 11.5 Å². The molecule has 0 unspecified atom stereocenters. The zero-order valence-corrected chi connectivity index (χ0v) is 9.99. The summed E-state index contributed by atoms with van der Waals surface area (Å²) in [6.07, 6.45) is 0. The fourth-order valence-corrected chi connectivity index (χ4v) is 1.98. The van der Waals surface area contributed by atoms with Crippen LogP contribution in [-0.2, 0) is 0 Å². The molecule has 2 aromatic carbocycles. The number of hydrogen-bond donors (Lipinski definition) is 2. The molecule has 3 N–H and O–H groups in total. The van der Waals surface area contributed by atoms with Gasteiger partial charge in [0.2, 0.25) is 0 Å². The highest BCUT2D eigenvalue weighted by Crippen LogP contribution is 2.37. The van der Waals surface area contributed by atoms with Crippen LogP contribution in [-0.4, -0.2) is 5.91 Å². The number of ether oxygens (including phenoxy) is 1. The molecular weight excluding hydrogens is 252 g/mol. The minimum atomic E-state index is -0.254. The van der Waals surface area contributed by atoms with Crippen molar-refractivity contribution in [1.29, 1.82) is 0 Å². The van der Waals surface area contributed by atoms with E-state index in [1.165, 1.54) is 0 Å². The second-order valence-corrected chi connectivity index (χ2v) is 4.39. The van der Waals surface area contributed by atoms with Gasteiger partial charge in [-0.3, -0.25) is 4.79 Å². The summed E-state index contributed by atoms with van der Waals surface area (Å²) in [7, 11) is 0. The van der Waals surface area contributed by atoms with Crippen LogP contribution in [0.2, 0.25) is 5.02 Å². The van der Waals surface area contributed by atoms with Crippen molar-refractivity contribution in [1.82, 2.24) is 0 Å². The Morgan fingerprint density at radius 1 is 1.11 bits per heavy atom. The van der Waals surface area contributed by atoms with Crippen LogP contribution in [0.1, 0.15) is 10.4 Å². The van der Waals surface area contributed by atoms with Gasteiger partial charge in [0.1, 0.15) is 5.75 Å². The van der Waals surface area contributed by atoms with Crippen molar-refractivity contribution in [2.45, 2.75) is 0 Å². The van der Waals surface area contributed by atoms with Crippen LogP contribution in [0, 0.1) is 0 Å². The Balaban J connectivity index is 2.17. The van der Waals surface area contributed by atoms with E-state index in [1.807, 2.05) is 0 Å². The van der Waals surface area contributed by atoms with Crippen molar-refractivity contribution in [3.05, 3.63) is 47.0 Å². The zero-order valence-electron chi connectivity index (χ0n) is 9.24. The summed E-state index contributed by atoms with van der Waals surface area (Å²) >= 11 is 5.88. The van der Waals surface area contributed by atoms with Crippen molar-refractivity contribution in [2.75, 3.05) is 11.1 Å². The molecule has 0 aliphatic carbocycles. The van der Waals surface area contributed by atoms with Crippen LogP contribution in [0.25, 0.3) is 0 Å². The maximum absolute atomic E-state index is 12.0. The molecule has 1 amide bonds. The van der Waals surface area contributed by atoms with Gasteiger partial charge in [0.15, 0.2) is 5.75 Å². The smallest absolute Gasteiger partial charge is 0.259 e. The predicted molar refractivity (Wildman–Crippen MR) is 70.3 cm³/mol. The summed E-state index contributed by atoms with van der Waals surface area (Å²) in [5, 5.41) is 3.24. The summed E-state index contributed by atoms with van der Waals surface area (Å²) in [6, 6.07) is 9.97. The van der Waals surface area contributed by atoms with E-state index in [9.17, 15) is 4.79 Å². The lowest BCUT2D eigenvalue weighted by molar-refractivity contribution is 0.102. The summed E-state index contributed by atoms with van der Waals surface area (Å²) < 4.78 is 5.69. The van der Waals surface area contributed by atoms with Gasteiger partial charge in [0.05, 0.1) is 11.3 Å². The summed E-state index contributed by atoms with van der Waals surface area (Å²) in [5.74, 6) is 0.724. The van der Waals surface area contributed by atoms with E-state index in [0.717, 1.165) is 0 Å². The normalized spacial score (nSPS) is 12.8. The average Bonchev–Trinajstić information content (AvgIpc) is 2.46. The van der Waals surface area contributed by atoms with Gasteiger partial charge >= 0.3 is 0 Å². The Labute approximate surface area is 108 Å². The van der Waals surface area contributed by atoms with Crippen molar-refractivity contribution in [2.24, 2.45) is 0 Å². The van der Waals surface area contributed by atoms with E-state index >= 15 is 0 Å². The molecule has 1 aliphatic heterocycles. The largest absolute Gasteiger partial charge is 0.454 e. The highest BCUT2D eigenvalue weighted by molar-refractivity contribution is 6.31. The van der Waals surface area contributed by atoms with E-state index in [4.69, 9.17) is 22.1 Å². The molecule has 0 aromatic heterocycles. The molecule has 2 aromatic rings. The second kappa shape index (κ2) is 3.92. The van der Waals surface area contributed by atoms with E-state index in [2.05, 4.69) is 5.32 Å². The lowest BCUT2D eigenvalue weighted by Crippen LogP contribution is -2.10. The number of nitrogens with one attached hydrogen (secondary N) is 1. The molecule has 0 spiro atoms. The Morgan fingerprint density at radius 2 is 1.94 bits per heavy atom. The third kappa shape index (κ3) is 1.76.